The summed E-state index contributed by atoms with van der Waals surface area (Å²) in [4.78, 5) is 23.0. The Balaban J connectivity index is 2.64. The van der Waals surface area contributed by atoms with Crippen molar-refractivity contribution in [3.63, 3.8) is 0 Å². The van der Waals surface area contributed by atoms with Crippen LogP contribution in [-0.4, -0.2) is 18.9 Å². The molecule has 1 aliphatic heterocycles. The molecule has 23 heavy (non-hydrogen) atoms. The van der Waals surface area contributed by atoms with E-state index in [0.29, 0.717) is 36.5 Å². The molecule has 2 rings (SSSR count). The highest BCUT2D eigenvalue weighted by atomic mass is 16.5. The lowest BCUT2D eigenvalue weighted by molar-refractivity contribution is -0.104. The van der Waals surface area contributed by atoms with E-state index < -0.39 is 0 Å². The first kappa shape index (κ1) is 17.3. The Bertz CT molecular complexity index is 656. The molecule has 0 spiro atoms. The van der Waals surface area contributed by atoms with Crippen molar-refractivity contribution < 1.29 is 19.1 Å². The van der Waals surface area contributed by atoms with Crippen LogP contribution in [0.15, 0.2) is 11.6 Å². The first-order valence-electron chi connectivity index (χ1n) is 8.14. The van der Waals surface area contributed by atoms with E-state index in [1.54, 1.807) is 6.92 Å². The Hall–Kier alpha value is -2.10. The van der Waals surface area contributed by atoms with Crippen molar-refractivity contribution in [3.8, 4) is 5.75 Å². The summed E-state index contributed by atoms with van der Waals surface area (Å²) in [5, 5.41) is 0. The molecular weight excluding hydrogens is 292 g/mol. The van der Waals surface area contributed by atoms with Gasteiger partial charge in [-0.25, -0.2) is 4.79 Å². The standard InChI is InChI=1S/C19H24O4/c1-5-9-22-18-15(8-7-12(3)10-20)14(6-2)13(4)16-11-23-19(21)17(16)18/h7,10H,5-6,8-9,11H2,1-4H3/b12-7+. The van der Waals surface area contributed by atoms with Crippen LogP contribution in [0, 0.1) is 6.92 Å². The van der Waals surface area contributed by atoms with Crippen molar-refractivity contribution in [2.75, 3.05) is 6.61 Å². The molecule has 4 nitrogen and oxygen atoms in total. The fourth-order valence-electron chi connectivity index (χ4n) is 3.00. The molecule has 0 unspecified atom stereocenters. The van der Waals surface area contributed by atoms with Crippen molar-refractivity contribution >= 4 is 12.3 Å². The maximum absolute atomic E-state index is 12.2. The zero-order valence-electron chi connectivity index (χ0n) is 14.3. The molecule has 1 aromatic carbocycles. The summed E-state index contributed by atoms with van der Waals surface area (Å²) in [5.41, 5.74) is 5.47. The second kappa shape index (κ2) is 7.44. The van der Waals surface area contributed by atoms with Crippen LogP contribution in [0.2, 0.25) is 0 Å². The fraction of sp³-hybridized carbons (Fsp3) is 0.474. The molecule has 0 N–H and O–H groups in total. The van der Waals surface area contributed by atoms with Crippen molar-refractivity contribution in [1.82, 2.24) is 0 Å². The van der Waals surface area contributed by atoms with Gasteiger partial charge in [-0.3, -0.25) is 4.79 Å². The molecule has 124 valence electrons. The summed E-state index contributed by atoms with van der Waals surface area (Å²) in [6.45, 7) is 8.80. The number of esters is 1. The number of hydrogen-bond donors (Lipinski definition) is 0. The quantitative estimate of drug-likeness (QED) is 0.437. The molecule has 0 fully saturated rings. The molecule has 0 amide bonds. The predicted octanol–water partition coefficient (Wildman–Crippen LogP) is 3.70. The van der Waals surface area contributed by atoms with Crippen LogP contribution in [0.1, 0.15) is 59.8 Å². The van der Waals surface area contributed by atoms with Gasteiger partial charge in [0.1, 0.15) is 24.2 Å². The number of benzene rings is 1. The molecule has 0 aliphatic carbocycles. The number of cyclic esters (lactones) is 1. The van der Waals surface area contributed by atoms with Gasteiger partial charge >= 0.3 is 5.97 Å². The van der Waals surface area contributed by atoms with E-state index >= 15 is 0 Å². The molecule has 0 radical (unpaired) electrons. The van der Waals surface area contributed by atoms with E-state index in [2.05, 4.69) is 6.92 Å². The van der Waals surface area contributed by atoms with E-state index in [-0.39, 0.29) is 5.97 Å². The highest BCUT2D eigenvalue weighted by Gasteiger charge is 2.31. The first-order chi connectivity index (χ1) is 11.0. The van der Waals surface area contributed by atoms with Gasteiger partial charge in [-0.1, -0.05) is 19.9 Å². The van der Waals surface area contributed by atoms with Gasteiger partial charge in [-0.15, -0.1) is 0 Å². The molecule has 1 aromatic rings. The lowest BCUT2D eigenvalue weighted by Gasteiger charge is -2.19. The zero-order valence-corrected chi connectivity index (χ0v) is 14.3. The number of fused-ring (bicyclic) bond motifs is 1. The number of ether oxygens (including phenoxy) is 2. The fourth-order valence-corrected chi connectivity index (χ4v) is 3.00. The molecule has 0 aromatic heterocycles. The summed E-state index contributed by atoms with van der Waals surface area (Å²) in [7, 11) is 0. The number of rotatable bonds is 7. The lowest BCUT2D eigenvalue weighted by atomic mass is 9.89. The molecule has 0 saturated heterocycles. The van der Waals surface area contributed by atoms with Gasteiger partial charge in [0, 0.05) is 11.1 Å². The van der Waals surface area contributed by atoms with Crippen LogP contribution in [0.5, 0.6) is 5.75 Å². The average Bonchev–Trinajstić information content (AvgIpc) is 2.94. The van der Waals surface area contributed by atoms with Crippen molar-refractivity contribution in [2.24, 2.45) is 0 Å². The number of carbonyl (C=O) groups is 2. The van der Waals surface area contributed by atoms with Crippen molar-refractivity contribution in [1.29, 1.82) is 0 Å². The largest absolute Gasteiger partial charge is 0.492 e. The van der Waals surface area contributed by atoms with E-state index in [0.717, 1.165) is 35.8 Å². The third-order valence-corrected chi connectivity index (χ3v) is 4.24. The van der Waals surface area contributed by atoms with Crippen LogP contribution in [0.4, 0.5) is 0 Å². The maximum Gasteiger partial charge on any atom is 0.342 e. The van der Waals surface area contributed by atoms with Gasteiger partial charge in [-0.2, -0.15) is 0 Å². The maximum atomic E-state index is 12.2. The first-order valence-corrected chi connectivity index (χ1v) is 8.14. The Morgan fingerprint density at radius 1 is 1.30 bits per heavy atom. The monoisotopic (exact) mass is 316 g/mol. The Labute approximate surface area is 137 Å². The van der Waals surface area contributed by atoms with Crippen LogP contribution in [-0.2, 0) is 29.0 Å². The normalized spacial score (nSPS) is 13.7. The highest BCUT2D eigenvalue weighted by Crippen LogP contribution is 2.39. The van der Waals surface area contributed by atoms with E-state index in [1.807, 2.05) is 19.9 Å². The highest BCUT2D eigenvalue weighted by molar-refractivity contribution is 5.97. The number of aldehydes is 1. The smallest absolute Gasteiger partial charge is 0.342 e. The number of allylic oxidation sites excluding steroid dienone is 2. The minimum atomic E-state index is -0.311. The Morgan fingerprint density at radius 2 is 2.04 bits per heavy atom. The van der Waals surface area contributed by atoms with Crippen LogP contribution >= 0.6 is 0 Å². The Morgan fingerprint density at radius 3 is 2.65 bits per heavy atom. The Kier molecular flexibility index (Phi) is 5.59. The molecule has 1 heterocycles. The zero-order chi connectivity index (χ0) is 17.0. The van der Waals surface area contributed by atoms with Crippen LogP contribution in [0.3, 0.4) is 0 Å². The third kappa shape index (κ3) is 3.31. The molecule has 0 bridgehead atoms. The number of carbonyl (C=O) groups excluding carboxylic acids is 2. The van der Waals surface area contributed by atoms with Gasteiger partial charge in [0.05, 0.1) is 6.61 Å². The molecule has 4 heteroatoms. The van der Waals surface area contributed by atoms with Gasteiger partial charge in [0.15, 0.2) is 0 Å². The SMILES string of the molecule is CCCOc1c(C/C=C(\C)C=O)c(CC)c(C)c2c1C(=O)OC2. The van der Waals surface area contributed by atoms with Gasteiger partial charge < -0.3 is 9.47 Å². The molecule has 1 aliphatic rings. The predicted molar refractivity (Wildman–Crippen MR) is 89.0 cm³/mol. The molecule has 0 atom stereocenters. The second-order valence-corrected chi connectivity index (χ2v) is 5.81. The summed E-state index contributed by atoms with van der Waals surface area (Å²) in [5.74, 6) is 0.330. The summed E-state index contributed by atoms with van der Waals surface area (Å²) < 4.78 is 11.2. The van der Waals surface area contributed by atoms with E-state index in [1.165, 1.54) is 5.56 Å². The van der Waals surface area contributed by atoms with E-state index in [9.17, 15) is 9.59 Å². The molecular formula is C19H24O4. The summed E-state index contributed by atoms with van der Waals surface area (Å²) in [6, 6.07) is 0. The summed E-state index contributed by atoms with van der Waals surface area (Å²) >= 11 is 0. The van der Waals surface area contributed by atoms with Crippen LogP contribution in [0.25, 0.3) is 0 Å². The minimum Gasteiger partial charge on any atom is -0.492 e. The van der Waals surface area contributed by atoms with Crippen LogP contribution < -0.4 is 4.74 Å². The van der Waals surface area contributed by atoms with Gasteiger partial charge in [-0.05, 0) is 49.8 Å². The topological polar surface area (TPSA) is 52.6 Å². The van der Waals surface area contributed by atoms with Crippen molar-refractivity contribution in [3.05, 3.63) is 39.5 Å². The average molecular weight is 316 g/mol. The van der Waals surface area contributed by atoms with Crippen molar-refractivity contribution in [2.45, 2.75) is 53.6 Å². The summed E-state index contributed by atoms with van der Waals surface area (Å²) in [6.07, 6.45) is 5.01. The number of hydrogen-bond acceptors (Lipinski definition) is 4. The second-order valence-electron chi connectivity index (χ2n) is 5.81. The molecule has 0 saturated carbocycles. The van der Waals surface area contributed by atoms with Gasteiger partial charge in [0.25, 0.3) is 0 Å². The van der Waals surface area contributed by atoms with E-state index in [4.69, 9.17) is 9.47 Å². The van der Waals surface area contributed by atoms with Gasteiger partial charge in [0.2, 0.25) is 0 Å². The third-order valence-electron chi connectivity index (χ3n) is 4.24. The lowest BCUT2D eigenvalue weighted by Crippen LogP contribution is -2.10. The minimum absolute atomic E-state index is 0.311.